The Morgan fingerprint density at radius 2 is 1.92 bits per heavy atom. The van der Waals surface area contributed by atoms with Crippen molar-refractivity contribution in [3.8, 4) is 5.75 Å². The maximum Gasteiger partial charge on any atom is 0.304 e. The quantitative estimate of drug-likeness (QED) is 0.367. The SMILES string of the molecule is COc1cc(C(CC(=O)O)c2ccc(C)c(CN3C[C@@H](C)Cc4ccccc4S3(=O)=O)c2)cc2nnn(C)c12. The largest absolute Gasteiger partial charge is 0.494 e. The smallest absolute Gasteiger partial charge is 0.304 e. The molecule has 1 unspecified atom stereocenters. The Hall–Kier alpha value is -3.76. The van der Waals surface area contributed by atoms with Crippen molar-refractivity contribution in [3.05, 3.63) is 82.4 Å². The minimum atomic E-state index is -3.70. The number of carboxylic acid groups (broad SMARTS) is 1. The molecule has 3 aromatic carbocycles. The molecule has 39 heavy (non-hydrogen) atoms. The van der Waals surface area contributed by atoms with Gasteiger partial charge in [-0.2, -0.15) is 4.31 Å². The van der Waals surface area contributed by atoms with Crippen LogP contribution in [0.25, 0.3) is 11.0 Å². The van der Waals surface area contributed by atoms with E-state index in [1.807, 2.05) is 49.4 Å². The van der Waals surface area contributed by atoms with Crippen LogP contribution in [0.4, 0.5) is 0 Å². The Labute approximate surface area is 228 Å². The fourth-order valence-corrected chi connectivity index (χ4v) is 7.27. The van der Waals surface area contributed by atoms with Crippen LogP contribution in [0.2, 0.25) is 0 Å². The number of sulfonamides is 1. The van der Waals surface area contributed by atoms with Gasteiger partial charge in [-0.3, -0.25) is 4.79 Å². The second-order valence-electron chi connectivity index (χ2n) is 10.4. The molecule has 204 valence electrons. The lowest BCUT2D eigenvalue weighted by atomic mass is 9.86. The number of aromatic nitrogens is 3. The Kier molecular flexibility index (Phi) is 7.17. The molecule has 1 aromatic heterocycles. The predicted octanol–water partition coefficient (Wildman–Crippen LogP) is 4.28. The van der Waals surface area contributed by atoms with Crippen molar-refractivity contribution in [3.63, 3.8) is 0 Å². The molecule has 2 heterocycles. The van der Waals surface area contributed by atoms with Gasteiger partial charge >= 0.3 is 5.97 Å². The van der Waals surface area contributed by atoms with E-state index in [1.54, 1.807) is 35.3 Å². The molecule has 0 amide bonds. The number of aryl methyl sites for hydroxylation is 2. The number of nitrogens with zero attached hydrogens (tertiary/aromatic N) is 4. The van der Waals surface area contributed by atoms with Gasteiger partial charge in [0.1, 0.15) is 16.8 Å². The maximum atomic E-state index is 13.7. The lowest BCUT2D eigenvalue weighted by Crippen LogP contribution is -2.33. The van der Waals surface area contributed by atoms with E-state index in [0.29, 0.717) is 29.1 Å². The zero-order chi connectivity index (χ0) is 27.9. The first-order chi connectivity index (χ1) is 18.6. The normalized spacial score (nSPS) is 17.9. The molecule has 1 aliphatic rings. The third kappa shape index (κ3) is 5.14. The number of hydrogen-bond acceptors (Lipinski definition) is 6. The van der Waals surface area contributed by atoms with E-state index in [1.165, 1.54) is 0 Å². The van der Waals surface area contributed by atoms with Crippen molar-refractivity contribution in [2.24, 2.45) is 13.0 Å². The second-order valence-corrected chi connectivity index (χ2v) is 12.3. The topological polar surface area (TPSA) is 115 Å². The highest BCUT2D eigenvalue weighted by molar-refractivity contribution is 7.89. The summed E-state index contributed by atoms with van der Waals surface area (Å²) in [6.45, 7) is 4.61. The van der Waals surface area contributed by atoms with Gasteiger partial charge in [0.2, 0.25) is 10.0 Å². The van der Waals surface area contributed by atoms with Gasteiger partial charge in [-0.25, -0.2) is 13.1 Å². The average molecular weight is 549 g/mol. The Balaban J connectivity index is 1.56. The molecule has 10 heteroatoms. The number of fused-ring (bicyclic) bond motifs is 2. The van der Waals surface area contributed by atoms with Crippen molar-refractivity contribution >= 4 is 27.0 Å². The molecule has 4 aromatic rings. The van der Waals surface area contributed by atoms with Gasteiger partial charge < -0.3 is 9.84 Å². The molecule has 0 saturated heterocycles. The highest BCUT2D eigenvalue weighted by atomic mass is 32.2. The summed E-state index contributed by atoms with van der Waals surface area (Å²) in [6, 6.07) is 16.7. The summed E-state index contributed by atoms with van der Waals surface area (Å²) >= 11 is 0. The van der Waals surface area contributed by atoms with Crippen LogP contribution in [0.5, 0.6) is 5.75 Å². The summed E-state index contributed by atoms with van der Waals surface area (Å²) in [4.78, 5) is 12.3. The van der Waals surface area contributed by atoms with Crippen LogP contribution < -0.4 is 4.74 Å². The number of carboxylic acids is 1. The molecule has 0 fully saturated rings. The molecule has 1 aliphatic heterocycles. The molecular formula is C29H32N4O5S. The average Bonchev–Trinajstić information content (AvgIpc) is 3.24. The molecule has 0 saturated carbocycles. The molecule has 0 radical (unpaired) electrons. The number of rotatable bonds is 7. The number of carbonyl (C=O) groups is 1. The first-order valence-electron chi connectivity index (χ1n) is 12.8. The highest BCUT2D eigenvalue weighted by Gasteiger charge is 2.32. The maximum absolute atomic E-state index is 13.7. The highest BCUT2D eigenvalue weighted by Crippen LogP contribution is 2.36. The fourth-order valence-electron chi connectivity index (χ4n) is 5.50. The van der Waals surface area contributed by atoms with Crippen LogP contribution in [-0.2, 0) is 34.8 Å². The van der Waals surface area contributed by atoms with Gasteiger partial charge in [-0.15, -0.1) is 5.10 Å². The molecule has 1 N–H and O–H groups in total. The molecule has 0 bridgehead atoms. The Bertz CT molecular complexity index is 1660. The monoisotopic (exact) mass is 548 g/mol. The first-order valence-corrected chi connectivity index (χ1v) is 14.3. The van der Waals surface area contributed by atoms with Gasteiger partial charge in [0, 0.05) is 26.1 Å². The van der Waals surface area contributed by atoms with Gasteiger partial charge in [0.05, 0.1) is 18.4 Å². The van der Waals surface area contributed by atoms with Crippen molar-refractivity contribution in [2.75, 3.05) is 13.7 Å². The number of benzene rings is 3. The van der Waals surface area contributed by atoms with E-state index in [-0.39, 0.29) is 18.9 Å². The standard InChI is InChI=1S/C29H32N4O5S/c1-18-11-21-7-5-6-8-27(21)39(36,37)33(16-18)17-23-12-20(10-9-19(23)2)24(15-28(34)35)22-13-25-29(26(14-22)38-4)32(3)31-30-25/h5-10,12-14,18,24H,11,15-17H2,1-4H3,(H,34,35)/t18-,24?/m0/s1. The van der Waals surface area contributed by atoms with Crippen LogP contribution in [0.15, 0.2) is 59.5 Å². The van der Waals surface area contributed by atoms with Crippen LogP contribution in [0, 0.1) is 12.8 Å². The Morgan fingerprint density at radius 3 is 2.67 bits per heavy atom. The summed E-state index contributed by atoms with van der Waals surface area (Å²) in [6.07, 6.45) is 0.544. The zero-order valence-corrected chi connectivity index (χ0v) is 23.3. The van der Waals surface area contributed by atoms with Gasteiger partial charge in [-0.05, 0) is 65.3 Å². The molecule has 5 rings (SSSR count). The van der Waals surface area contributed by atoms with Gasteiger partial charge in [0.25, 0.3) is 0 Å². The lowest BCUT2D eigenvalue weighted by molar-refractivity contribution is -0.137. The fraction of sp³-hybridized carbons (Fsp3) is 0.345. The van der Waals surface area contributed by atoms with E-state index < -0.39 is 21.9 Å². The summed E-state index contributed by atoms with van der Waals surface area (Å²) in [5, 5.41) is 18.1. The summed E-state index contributed by atoms with van der Waals surface area (Å²) < 4.78 is 36.1. The van der Waals surface area contributed by atoms with Crippen molar-refractivity contribution in [2.45, 2.75) is 44.0 Å². The first kappa shape index (κ1) is 26.8. The van der Waals surface area contributed by atoms with Crippen LogP contribution in [-0.4, -0.2) is 52.4 Å². The van der Waals surface area contributed by atoms with Crippen LogP contribution in [0.1, 0.15) is 47.1 Å². The molecule has 2 atom stereocenters. The van der Waals surface area contributed by atoms with E-state index >= 15 is 0 Å². The van der Waals surface area contributed by atoms with E-state index in [0.717, 1.165) is 33.3 Å². The van der Waals surface area contributed by atoms with E-state index in [2.05, 4.69) is 17.2 Å². The van der Waals surface area contributed by atoms with Crippen molar-refractivity contribution in [1.29, 1.82) is 0 Å². The second kappa shape index (κ2) is 10.4. The summed E-state index contributed by atoms with van der Waals surface area (Å²) in [5.74, 6) is -0.734. The van der Waals surface area contributed by atoms with Crippen LogP contribution in [0.3, 0.4) is 0 Å². The number of hydrogen-bond donors (Lipinski definition) is 1. The van der Waals surface area contributed by atoms with Crippen molar-refractivity contribution in [1.82, 2.24) is 19.3 Å². The van der Waals surface area contributed by atoms with E-state index in [9.17, 15) is 18.3 Å². The lowest BCUT2D eigenvalue weighted by Gasteiger charge is -2.24. The molecule has 9 nitrogen and oxygen atoms in total. The van der Waals surface area contributed by atoms with Gasteiger partial charge in [0.15, 0.2) is 0 Å². The minimum absolute atomic E-state index is 0.149. The summed E-state index contributed by atoms with van der Waals surface area (Å²) in [7, 11) is -0.367. The molecule has 0 aliphatic carbocycles. The van der Waals surface area contributed by atoms with Crippen molar-refractivity contribution < 1.29 is 23.1 Å². The Morgan fingerprint density at radius 1 is 1.15 bits per heavy atom. The third-order valence-electron chi connectivity index (χ3n) is 7.48. The number of ether oxygens (including phenoxy) is 1. The van der Waals surface area contributed by atoms with Gasteiger partial charge in [-0.1, -0.05) is 48.5 Å². The number of methoxy groups -OCH3 is 1. The summed E-state index contributed by atoms with van der Waals surface area (Å²) in [5.41, 5.74) is 5.47. The minimum Gasteiger partial charge on any atom is -0.494 e. The molecular weight excluding hydrogens is 516 g/mol. The third-order valence-corrected chi connectivity index (χ3v) is 9.40. The predicted molar refractivity (Wildman–Crippen MR) is 147 cm³/mol. The van der Waals surface area contributed by atoms with Crippen LogP contribution >= 0.6 is 0 Å². The molecule has 0 spiro atoms. The van der Waals surface area contributed by atoms with E-state index in [4.69, 9.17) is 4.74 Å². The zero-order valence-electron chi connectivity index (χ0n) is 22.5. The number of aliphatic carboxylic acids is 1.